The fraction of sp³-hybridized carbons (Fsp3) is 0.250. The standard InChI is InChI=1S/C24H23N5O2/c30-22(10-4-9-21-27-28-24(31-21)18-6-2-1-3-7-18)29-14-11-17(12-15-29)20-16-26-23-19(20)8-5-13-25-23/h1-3,5-8,11,13,16H,4,9-10,12,14-15H2,(H,25,26). The first-order valence-corrected chi connectivity index (χ1v) is 10.5. The first-order chi connectivity index (χ1) is 15.3. The monoisotopic (exact) mass is 413 g/mol. The molecule has 0 saturated heterocycles. The SMILES string of the molecule is O=C(CCCc1nnc(-c2ccccc2)o1)N1CC=C(c2c[nH]c3ncccc23)CC1. The van der Waals surface area contributed by atoms with Crippen LogP contribution in [0.4, 0.5) is 0 Å². The van der Waals surface area contributed by atoms with E-state index in [4.69, 9.17) is 4.42 Å². The van der Waals surface area contributed by atoms with E-state index in [1.807, 2.05) is 47.5 Å². The highest BCUT2D eigenvalue weighted by molar-refractivity contribution is 5.91. The Bertz CT molecular complexity index is 1230. The molecule has 1 N–H and O–H groups in total. The Labute approximate surface area is 179 Å². The number of hydrogen-bond acceptors (Lipinski definition) is 5. The summed E-state index contributed by atoms with van der Waals surface area (Å²) in [6, 6.07) is 13.7. The van der Waals surface area contributed by atoms with Crippen LogP contribution >= 0.6 is 0 Å². The zero-order chi connectivity index (χ0) is 21.0. The summed E-state index contributed by atoms with van der Waals surface area (Å²) in [5, 5.41) is 9.34. The molecule has 5 rings (SSSR count). The van der Waals surface area contributed by atoms with Gasteiger partial charge in [0.05, 0.1) is 0 Å². The highest BCUT2D eigenvalue weighted by atomic mass is 16.4. The van der Waals surface area contributed by atoms with Crippen molar-refractivity contribution in [1.82, 2.24) is 25.1 Å². The molecule has 4 heterocycles. The lowest BCUT2D eigenvalue weighted by atomic mass is 9.99. The van der Waals surface area contributed by atoms with Gasteiger partial charge in [-0.05, 0) is 42.7 Å². The molecule has 0 unspecified atom stereocenters. The fourth-order valence-corrected chi connectivity index (χ4v) is 3.96. The Morgan fingerprint density at radius 2 is 2.03 bits per heavy atom. The molecule has 7 nitrogen and oxygen atoms in total. The second-order valence-electron chi connectivity index (χ2n) is 7.64. The number of H-pyrrole nitrogens is 1. The van der Waals surface area contributed by atoms with Gasteiger partial charge < -0.3 is 14.3 Å². The average molecular weight is 413 g/mol. The highest BCUT2D eigenvalue weighted by Crippen LogP contribution is 2.28. The number of nitrogens with one attached hydrogen (secondary N) is 1. The van der Waals surface area contributed by atoms with Crippen LogP contribution in [0.15, 0.2) is 65.4 Å². The van der Waals surface area contributed by atoms with Gasteiger partial charge in [0.1, 0.15) is 5.65 Å². The first kappa shape index (κ1) is 19.2. The number of fused-ring (bicyclic) bond motifs is 1. The molecule has 0 atom stereocenters. The number of aromatic amines is 1. The van der Waals surface area contributed by atoms with Crippen LogP contribution in [0.2, 0.25) is 0 Å². The van der Waals surface area contributed by atoms with Gasteiger partial charge in [0.15, 0.2) is 0 Å². The number of aryl methyl sites for hydroxylation is 1. The summed E-state index contributed by atoms with van der Waals surface area (Å²) in [6.07, 6.45) is 8.56. The molecule has 4 aromatic rings. The Morgan fingerprint density at radius 3 is 2.87 bits per heavy atom. The maximum atomic E-state index is 12.6. The smallest absolute Gasteiger partial charge is 0.247 e. The summed E-state index contributed by atoms with van der Waals surface area (Å²) in [5.41, 5.74) is 4.25. The lowest BCUT2D eigenvalue weighted by molar-refractivity contribution is -0.130. The van der Waals surface area contributed by atoms with Crippen molar-refractivity contribution in [3.05, 3.63) is 72.4 Å². The van der Waals surface area contributed by atoms with Gasteiger partial charge in [0.25, 0.3) is 0 Å². The molecule has 0 bridgehead atoms. The molecule has 1 amide bonds. The Morgan fingerprint density at radius 1 is 1.13 bits per heavy atom. The number of carbonyl (C=O) groups excluding carboxylic acids is 1. The average Bonchev–Trinajstić information content (AvgIpc) is 3.47. The number of rotatable bonds is 6. The zero-order valence-corrected chi connectivity index (χ0v) is 17.1. The third-order valence-corrected chi connectivity index (χ3v) is 5.63. The lowest BCUT2D eigenvalue weighted by Crippen LogP contribution is -2.34. The molecular weight excluding hydrogens is 390 g/mol. The highest BCUT2D eigenvalue weighted by Gasteiger charge is 2.19. The number of benzene rings is 1. The molecule has 0 aliphatic carbocycles. The van der Waals surface area contributed by atoms with Crippen molar-refractivity contribution >= 4 is 22.5 Å². The number of nitrogens with zero attached hydrogens (tertiary/aromatic N) is 4. The van der Waals surface area contributed by atoms with E-state index >= 15 is 0 Å². The quantitative estimate of drug-likeness (QED) is 0.510. The van der Waals surface area contributed by atoms with Gasteiger partial charge in [-0.3, -0.25) is 4.79 Å². The third kappa shape index (κ3) is 4.12. The Balaban J connectivity index is 1.14. The molecule has 31 heavy (non-hydrogen) atoms. The van der Waals surface area contributed by atoms with E-state index in [2.05, 4.69) is 32.3 Å². The molecule has 0 saturated carbocycles. The number of amides is 1. The molecule has 0 fully saturated rings. The predicted octanol–water partition coefficient (Wildman–Crippen LogP) is 4.25. The maximum Gasteiger partial charge on any atom is 0.247 e. The summed E-state index contributed by atoms with van der Waals surface area (Å²) < 4.78 is 5.72. The van der Waals surface area contributed by atoms with E-state index in [-0.39, 0.29) is 5.91 Å². The van der Waals surface area contributed by atoms with E-state index in [0.717, 1.165) is 29.6 Å². The molecule has 1 aliphatic rings. The van der Waals surface area contributed by atoms with E-state index in [9.17, 15) is 4.79 Å². The molecule has 1 aliphatic heterocycles. The van der Waals surface area contributed by atoms with E-state index < -0.39 is 0 Å². The van der Waals surface area contributed by atoms with E-state index in [1.54, 1.807) is 6.20 Å². The van der Waals surface area contributed by atoms with Gasteiger partial charge in [0.2, 0.25) is 17.7 Å². The van der Waals surface area contributed by atoms with E-state index in [1.165, 1.54) is 11.1 Å². The first-order valence-electron chi connectivity index (χ1n) is 10.5. The third-order valence-electron chi connectivity index (χ3n) is 5.63. The topological polar surface area (TPSA) is 87.9 Å². The number of pyridine rings is 1. The van der Waals surface area contributed by atoms with Gasteiger partial charge >= 0.3 is 0 Å². The predicted molar refractivity (Wildman–Crippen MR) is 118 cm³/mol. The largest absolute Gasteiger partial charge is 0.421 e. The van der Waals surface area contributed by atoms with Crippen LogP contribution in [0.3, 0.4) is 0 Å². The van der Waals surface area contributed by atoms with Gasteiger partial charge in [0, 0.05) is 54.8 Å². The van der Waals surface area contributed by atoms with Crippen molar-refractivity contribution in [3.63, 3.8) is 0 Å². The summed E-state index contributed by atoms with van der Waals surface area (Å²) in [7, 11) is 0. The van der Waals surface area contributed by atoms with Gasteiger partial charge in [-0.25, -0.2) is 4.98 Å². The van der Waals surface area contributed by atoms with Gasteiger partial charge in [-0.2, -0.15) is 0 Å². The second-order valence-corrected chi connectivity index (χ2v) is 7.64. The Hall–Kier alpha value is -3.74. The normalized spacial score (nSPS) is 14.1. The minimum absolute atomic E-state index is 0.165. The maximum absolute atomic E-state index is 12.6. The van der Waals surface area contributed by atoms with Gasteiger partial charge in [-0.1, -0.05) is 24.3 Å². The summed E-state index contributed by atoms with van der Waals surface area (Å²) in [6.45, 7) is 1.37. The van der Waals surface area contributed by atoms with Crippen LogP contribution < -0.4 is 0 Å². The van der Waals surface area contributed by atoms with Crippen molar-refractivity contribution in [2.75, 3.05) is 13.1 Å². The summed E-state index contributed by atoms with van der Waals surface area (Å²) in [5.74, 6) is 1.25. The number of aromatic nitrogens is 4. The van der Waals surface area contributed by atoms with Crippen molar-refractivity contribution in [3.8, 4) is 11.5 Å². The molecule has 0 radical (unpaired) electrons. The summed E-state index contributed by atoms with van der Waals surface area (Å²) >= 11 is 0. The molecule has 156 valence electrons. The molecule has 3 aromatic heterocycles. The van der Waals surface area contributed by atoms with Crippen molar-refractivity contribution in [2.45, 2.75) is 25.7 Å². The van der Waals surface area contributed by atoms with Crippen LogP contribution in [0, 0.1) is 0 Å². The van der Waals surface area contributed by atoms with Crippen molar-refractivity contribution in [1.29, 1.82) is 0 Å². The van der Waals surface area contributed by atoms with Crippen molar-refractivity contribution < 1.29 is 9.21 Å². The number of hydrogen-bond donors (Lipinski definition) is 1. The van der Waals surface area contributed by atoms with Crippen LogP contribution in [0.25, 0.3) is 28.1 Å². The molecular formula is C24H23N5O2. The van der Waals surface area contributed by atoms with Crippen LogP contribution in [0.1, 0.15) is 30.7 Å². The number of carbonyl (C=O) groups is 1. The van der Waals surface area contributed by atoms with Crippen LogP contribution in [-0.4, -0.2) is 44.1 Å². The molecule has 7 heteroatoms. The van der Waals surface area contributed by atoms with E-state index in [0.29, 0.717) is 37.6 Å². The minimum Gasteiger partial charge on any atom is -0.421 e. The van der Waals surface area contributed by atoms with Crippen LogP contribution in [-0.2, 0) is 11.2 Å². The molecule has 0 spiro atoms. The molecule has 1 aromatic carbocycles. The summed E-state index contributed by atoms with van der Waals surface area (Å²) in [4.78, 5) is 22.1. The lowest BCUT2D eigenvalue weighted by Gasteiger charge is -2.26. The fourth-order valence-electron chi connectivity index (χ4n) is 3.96. The second kappa shape index (κ2) is 8.55. The van der Waals surface area contributed by atoms with Gasteiger partial charge in [-0.15, -0.1) is 10.2 Å². The van der Waals surface area contributed by atoms with Crippen molar-refractivity contribution in [2.24, 2.45) is 0 Å². The van der Waals surface area contributed by atoms with Crippen LogP contribution in [0.5, 0.6) is 0 Å². The minimum atomic E-state index is 0.165. The zero-order valence-electron chi connectivity index (χ0n) is 17.1. The Kier molecular flexibility index (Phi) is 5.31.